The van der Waals surface area contributed by atoms with Gasteiger partial charge < -0.3 is 31.4 Å². The van der Waals surface area contributed by atoms with Crippen LogP contribution in [0.25, 0.3) is 11.2 Å². The molecule has 1 aliphatic rings. The van der Waals surface area contributed by atoms with E-state index in [1.54, 1.807) is 11.5 Å². The number of nitrogen functional groups attached to an aromatic ring is 1. The Balaban J connectivity index is 1.58. The molecular formula is C14H21N7O4. The first-order chi connectivity index (χ1) is 12.0. The minimum atomic E-state index is -0.749. The van der Waals surface area contributed by atoms with Gasteiger partial charge in [0.2, 0.25) is 5.91 Å². The molecule has 4 atom stereocenters. The number of fused-ring (bicyclic) bond motifs is 1. The van der Waals surface area contributed by atoms with Gasteiger partial charge >= 0.3 is 0 Å². The molecule has 2 aromatic heterocycles. The zero-order valence-corrected chi connectivity index (χ0v) is 13.7. The van der Waals surface area contributed by atoms with E-state index in [0.717, 1.165) is 0 Å². The van der Waals surface area contributed by atoms with Crippen LogP contribution in [0.3, 0.4) is 0 Å². The van der Waals surface area contributed by atoms with E-state index in [4.69, 9.17) is 20.9 Å². The van der Waals surface area contributed by atoms with Crippen molar-refractivity contribution in [2.45, 2.75) is 37.8 Å². The second kappa shape index (κ2) is 7.27. The van der Waals surface area contributed by atoms with E-state index in [1.807, 2.05) is 0 Å². The molecular weight excluding hydrogens is 330 g/mol. The first-order valence-corrected chi connectivity index (χ1v) is 7.85. The van der Waals surface area contributed by atoms with Crippen LogP contribution in [-0.4, -0.2) is 62.1 Å². The summed E-state index contributed by atoms with van der Waals surface area (Å²) in [4.78, 5) is 23.5. The third kappa shape index (κ3) is 3.69. The van der Waals surface area contributed by atoms with Crippen molar-refractivity contribution in [2.24, 2.45) is 5.73 Å². The van der Waals surface area contributed by atoms with Crippen molar-refractivity contribution in [3.8, 4) is 0 Å². The Bertz CT molecular complexity index is 750. The first kappa shape index (κ1) is 17.5. The van der Waals surface area contributed by atoms with Crippen molar-refractivity contribution in [3.05, 3.63) is 12.7 Å². The normalized spacial score (nSPS) is 24.5. The highest BCUT2D eigenvalue weighted by Crippen LogP contribution is 2.31. The Morgan fingerprint density at radius 1 is 1.56 bits per heavy atom. The van der Waals surface area contributed by atoms with Crippen molar-refractivity contribution in [1.29, 1.82) is 0 Å². The lowest BCUT2D eigenvalue weighted by Crippen LogP contribution is -2.39. The first-order valence-electron chi connectivity index (χ1n) is 7.85. The zero-order valence-electron chi connectivity index (χ0n) is 13.7. The van der Waals surface area contributed by atoms with Gasteiger partial charge in [-0.25, -0.2) is 15.0 Å². The lowest BCUT2D eigenvalue weighted by atomic mass is 10.2. The number of carbonyl (C=O) groups excluding carboxylic acids is 1. The number of anilines is 1. The lowest BCUT2D eigenvalue weighted by molar-refractivity contribution is -0.124. The number of carbonyl (C=O) groups is 1. The topological polar surface area (TPSA) is 163 Å². The number of nitrogens with two attached hydrogens (primary N) is 2. The number of rotatable bonds is 6. The molecule has 11 heteroatoms. The minimum Gasteiger partial charge on any atom is -0.388 e. The van der Waals surface area contributed by atoms with E-state index in [1.165, 1.54) is 12.7 Å². The largest absolute Gasteiger partial charge is 0.388 e. The number of imidazole rings is 1. The molecule has 0 aliphatic carbocycles. The van der Waals surface area contributed by atoms with Crippen LogP contribution < -0.4 is 16.8 Å². The van der Waals surface area contributed by atoms with Gasteiger partial charge in [-0.05, 0) is 6.92 Å². The molecule has 11 nitrogen and oxygen atoms in total. The quantitative estimate of drug-likeness (QED) is 0.358. The molecule has 2 aromatic rings. The molecule has 0 aromatic carbocycles. The van der Waals surface area contributed by atoms with E-state index in [2.05, 4.69) is 20.3 Å². The highest BCUT2D eigenvalue weighted by molar-refractivity contribution is 5.81. The summed E-state index contributed by atoms with van der Waals surface area (Å²) in [5.41, 5.74) is 12.1. The molecule has 0 unspecified atom stereocenters. The van der Waals surface area contributed by atoms with Gasteiger partial charge in [0.25, 0.3) is 0 Å². The molecule has 1 saturated heterocycles. The summed E-state index contributed by atoms with van der Waals surface area (Å²) in [6.45, 7) is 1.83. The molecule has 1 amide bonds. The minimum absolute atomic E-state index is 0.0265. The Morgan fingerprint density at radius 3 is 3.12 bits per heavy atom. The maximum Gasteiger partial charge on any atom is 0.238 e. The Morgan fingerprint density at radius 2 is 2.36 bits per heavy atom. The van der Waals surface area contributed by atoms with Crippen molar-refractivity contribution >= 4 is 22.9 Å². The summed E-state index contributed by atoms with van der Waals surface area (Å²) in [5, 5.41) is 12.8. The molecule has 3 heterocycles. The molecule has 1 fully saturated rings. The van der Waals surface area contributed by atoms with Crippen molar-refractivity contribution in [2.75, 3.05) is 19.1 Å². The number of aromatic nitrogens is 4. The molecule has 136 valence electrons. The van der Waals surface area contributed by atoms with Crippen molar-refractivity contribution in [1.82, 2.24) is 24.8 Å². The van der Waals surface area contributed by atoms with Crippen LogP contribution in [0.15, 0.2) is 12.7 Å². The summed E-state index contributed by atoms with van der Waals surface area (Å²) < 4.78 is 12.8. The third-order valence-corrected chi connectivity index (χ3v) is 3.89. The zero-order chi connectivity index (χ0) is 18.0. The molecule has 0 saturated carbocycles. The maximum absolute atomic E-state index is 11.3. The van der Waals surface area contributed by atoms with Gasteiger partial charge in [0.15, 0.2) is 17.7 Å². The van der Waals surface area contributed by atoms with Crippen molar-refractivity contribution < 1.29 is 19.4 Å². The van der Waals surface area contributed by atoms with E-state index in [9.17, 15) is 9.90 Å². The highest BCUT2D eigenvalue weighted by Gasteiger charge is 2.36. The van der Waals surface area contributed by atoms with Crippen LogP contribution in [0.4, 0.5) is 5.82 Å². The summed E-state index contributed by atoms with van der Waals surface area (Å²) in [5.74, 6) is -0.0339. The standard InChI is InChI=1S/C14H21N7O4/c1-7(15)13(23)20-6-24-3-8-2-9(22)14(25-8)21-5-19-10-11(16)17-4-18-12(10)21/h4-5,7-9,14,22H,2-3,6,15H2,1H3,(H,20,23)(H2,16,17,18)/t7-,8-,9+,14+/m0/s1. The molecule has 0 spiro atoms. The van der Waals surface area contributed by atoms with E-state index < -0.39 is 18.4 Å². The fourth-order valence-electron chi connectivity index (χ4n) is 2.62. The van der Waals surface area contributed by atoms with Gasteiger partial charge in [0.1, 0.15) is 24.7 Å². The second-order valence-electron chi connectivity index (χ2n) is 5.88. The van der Waals surface area contributed by atoms with Gasteiger partial charge in [0.05, 0.1) is 25.1 Å². The summed E-state index contributed by atoms with van der Waals surface area (Å²) in [6.07, 6.45) is 1.50. The smallest absolute Gasteiger partial charge is 0.238 e. The molecule has 0 bridgehead atoms. The van der Waals surface area contributed by atoms with Gasteiger partial charge in [-0.1, -0.05) is 0 Å². The number of nitrogens with one attached hydrogen (secondary N) is 1. The maximum atomic E-state index is 11.3. The number of nitrogens with zero attached hydrogens (tertiary/aromatic N) is 4. The van der Waals surface area contributed by atoms with Gasteiger partial charge in [0, 0.05) is 6.42 Å². The number of aliphatic hydroxyl groups excluding tert-OH is 1. The van der Waals surface area contributed by atoms with E-state index in [-0.39, 0.29) is 31.2 Å². The van der Waals surface area contributed by atoms with Crippen LogP contribution >= 0.6 is 0 Å². The number of hydrogen-bond acceptors (Lipinski definition) is 9. The fraction of sp³-hybridized carbons (Fsp3) is 0.571. The van der Waals surface area contributed by atoms with Crippen molar-refractivity contribution in [3.63, 3.8) is 0 Å². The molecule has 6 N–H and O–H groups in total. The average molecular weight is 351 g/mol. The number of hydrogen-bond donors (Lipinski definition) is 4. The lowest BCUT2D eigenvalue weighted by Gasteiger charge is -2.17. The molecule has 25 heavy (non-hydrogen) atoms. The Hall–Kier alpha value is -2.34. The van der Waals surface area contributed by atoms with Gasteiger partial charge in [-0.3, -0.25) is 9.36 Å². The van der Waals surface area contributed by atoms with Crippen LogP contribution in [0, 0.1) is 0 Å². The highest BCUT2D eigenvalue weighted by atomic mass is 16.6. The second-order valence-corrected chi connectivity index (χ2v) is 5.88. The molecule has 1 aliphatic heterocycles. The Kier molecular flexibility index (Phi) is 5.08. The van der Waals surface area contributed by atoms with Crippen LogP contribution in [-0.2, 0) is 14.3 Å². The molecule has 3 rings (SSSR count). The summed E-state index contributed by atoms with van der Waals surface area (Å²) in [6, 6.07) is -0.596. The predicted molar refractivity (Wildman–Crippen MR) is 86.9 cm³/mol. The van der Waals surface area contributed by atoms with E-state index in [0.29, 0.717) is 17.6 Å². The number of amides is 1. The fourth-order valence-corrected chi connectivity index (χ4v) is 2.62. The van der Waals surface area contributed by atoms with Gasteiger partial charge in [-0.15, -0.1) is 0 Å². The van der Waals surface area contributed by atoms with E-state index >= 15 is 0 Å². The summed E-state index contributed by atoms with van der Waals surface area (Å²) in [7, 11) is 0. The molecule has 0 radical (unpaired) electrons. The van der Waals surface area contributed by atoms with Gasteiger partial charge in [-0.2, -0.15) is 0 Å². The SMILES string of the molecule is C[C@H](N)C(=O)NCOC[C@@H]1C[C@@H](O)[C@H](n2cnc3c(N)ncnc32)O1. The monoisotopic (exact) mass is 351 g/mol. The third-order valence-electron chi connectivity index (χ3n) is 3.89. The number of aliphatic hydroxyl groups is 1. The van der Waals surface area contributed by atoms with Crippen LogP contribution in [0.2, 0.25) is 0 Å². The Labute approximate surface area is 143 Å². The predicted octanol–water partition coefficient (Wildman–Crippen LogP) is -1.51. The van der Waals surface area contributed by atoms with Crippen LogP contribution in [0.1, 0.15) is 19.6 Å². The van der Waals surface area contributed by atoms with Crippen LogP contribution in [0.5, 0.6) is 0 Å². The summed E-state index contributed by atoms with van der Waals surface area (Å²) >= 11 is 0. The number of ether oxygens (including phenoxy) is 2. The average Bonchev–Trinajstić information content (AvgIpc) is 3.15.